The molecule has 140 valence electrons. The van der Waals surface area contributed by atoms with Crippen LogP contribution >= 0.6 is 0 Å². The highest BCUT2D eigenvalue weighted by Crippen LogP contribution is 2.27. The standard InChI is InChI=1S/C25H25N3/c1-2-7-21(8-3-1)22-14-12-20(13-15-22)18-27-16-6-10-24(19-27)28-25-11-5-4-9-23(25)17-26-28/h1-5,7-9,11-15,17,24H,6,10,16,18-19H2. The zero-order valence-corrected chi connectivity index (χ0v) is 16.0. The first kappa shape index (κ1) is 17.2. The number of likely N-dealkylation sites (tertiary alicyclic amines) is 1. The van der Waals surface area contributed by atoms with E-state index in [1.165, 1.54) is 40.4 Å². The van der Waals surface area contributed by atoms with Gasteiger partial charge in [0.1, 0.15) is 0 Å². The van der Waals surface area contributed by atoms with Gasteiger partial charge < -0.3 is 0 Å². The molecule has 4 aromatic rings. The number of rotatable bonds is 4. The Bertz CT molecular complexity index is 1050. The zero-order valence-electron chi connectivity index (χ0n) is 16.0. The van der Waals surface area contributed by atoms with Gasteiger partial charge in [0, 0.05) is 18.5 Å². The van der Waals surface area contributed by atoms with Crippen molar-refractivity contribution in [1.29, 1.82) is 0 Å². The van der Waals surface area contributed by atoms with Crippen molar-refractivity contribution in [3.8, 4) is 11.1 Å². The minimum atomic E-state index is 0.456. The summed E-state index contributed by atoms with van der Waals surface area (Å²) in [6.45, 7) is 3.23. The van der Waals surface area contributed by atoms with Gasteiger partial charge >= 0.3 is 0 Å². The minimum Gasteiger partial charge on any atom is -0.297 e. The van der Waals surface area contributed by atoms with Crippen LogP contribution in [0.25, 0.3) is 22.0 Å². The summed E-state index contributed by atoms with van der Waals surface area (Å²) in [5, 5.41) is 5.93. The second kappa shape index (κ2) is 7.61. The van der Waals surface area contributed by atoms with Crippen molar-refractivity contribution >= 4 is 10.9 Å². The SMILES string of the molecule is c1ccc(-c2ccc(CN3CCCC(n4ncc5ccccc54)C3)cc2)cc1. The number of nitrogens with zero attached hydrogens (tertiary/aromatic N) is 3. The molecule has 0 spiro atoms. The maximum Gasteiger partial charge on any atom is 0.0686 e. The van der Waals surface area contributed by atoms with E-state index in [0.717, 1.165) is 19.6 Å². The molecule has 1 aliphatic heterocycles. The normalized spacial score (nSPS) is 17.8. The highest BCUT2D eigenvalue weighted by Gasteiger charge is 2.23. The smallest absolute Gasteiger partial charge is 0.0686 e. The lowest BCUT2D eigenvalue weighted by Crippen LogP contribution is -2.36. The molecule has 3 aromatic carbocycles. The lowest BCUT2D eigenvalue weighted by atomic mass is 10.0. The molecule has 28 heavy (non-hydrogen) atoms. The molecule has 0 N–H and O–H groups in total. The number of aromatic nitrogens is 2. The molecule has 0 amide bonds. The number of hydrogen-bond acceptors (Lipinski definition) is 2. The molecule has 3 nitrogen and oxygen atoms in total. The van der Waals surface area contributed by atoms with Crippen molar-refractivity contribution in [3.05, 3.63) is 90.6 Å². The van der Waals surface area contributed by atoms with Crippen LogP contribution in [0.15, 0.2) is 85.1 Å². The van der Waals surface area contributed by atoms with E-state index in [1.807, 2.05) is 6.20 Å². The van der Waals surface area contributed by atoms with Crippen molar-refractivity contribution in [2.45, 2.75) is 25.4 Å². The van der Waals surface area contributed by atoms with Crippen LogP contribution in [0, 0.1) is 0 Å². The molecule has 0 radical (unpaired) electrons. The molecule has 1 atom stereocenters. The first-order valence-electron chi connectivity index (χ1n) is 10.2. The summed E-state index contributed by atoms with van der Waals surface area (Å²) in [5.74, 6) is 0. The van der Waals surface area contributed by atoms with Crippen LogP contribution < -0.4 is 0 Å². The minimum absolute atomic E-state index is 0.456. The number of para-hydroxylation sites is 1. The first-order chi connectivity index (χ1) is 13.9. The highest BCUT2D eigenvalue weighted by atomic mass is 15.3. The summed E-state index contributed by atoms with van der Waals surface area (Å²) < 4.78 is 2.24. The molecule has 1 unspecified atom stereocenters. The Morgan fingerprint density at radius 3 is 2.43 bits per heavy atom. The van der Waals surface area contributed by atoms with Gasteiger partial charge in [-0.3, -0.25) is 9.58 Å². The predicted molar refractivity (Wildman–Crippen MR) is 115 cm³/mol. The van der Waals surface area contributed by atoms with Crippen LogP contribution in [-0.4, -0.2) is 27.8 Å². The van der Waals surface area contributed by atoms with E-state index >= 15 is 0 Å². The third kappa shape index (κ3) is 3.46. The molecule has 2 heterocycles. The number of fused-ring (bicyclic) bond motifs is 1. The van der Waals surface area contributed by atoms with E-state index in [9.17, 15) is 0 Å². The predicted octanol–water partition coefficient (Wildman–Crippen LogP) is 5.54. The van der Waals surface area contributed by atoms with Crippen molar-refractivity contribution in [2.24, 2.45) is 0 Å². The second-order valence-electron chi connectivity index (χ2n) is 7.74. The third-order valence-corrected chi connectivity index (χ3v) is 5.80. The molecule has 1 aromatic heterocycles. The van der Waals surface area contributed by atoms with Gasteiger partial charge in [-0.05, 0) is 42.1 Å². The van der Waals surface area contributed by atoms with E-state index in [4.69, 9.17) is 5.10 Å². The summed E-state index contributed by atoms with van der Waals surface area (Å²) >= 11 is 0. The average Bonchev–Trinajstić information content (AvgIpc) is 3.19. The summed E-state index contributed by atoms with van der Waals surface area (Å²) in [6, 6.07) is 28.6. The summed E-state index contributed by atoms with van der Waals surface area (Å²) in [7, 11) is 0. The lowest BCUT2D eigenvalue weighted by molar-refractivity contribution is 0.165. The molecule has 1 saturated heterocycles. The van der Waals surface area contributed by atoms with Crippen molar-refractivity contribution in [2.75, 3.05) is 13.1 Å². The Morgan fingerprint density at radius 1 is 0.821 bits per heavy atom. The van der Waals surface area contributed by atoms with Gasteiger partial charge in [-0.25, -0.2) is 0 Å². The molecular weight excluding hydrogens is 342 g/mol. The monoisotopic (exact) mass is 367 g/mol. The average molecular weight is 367 g/mol. The molecule has 3 heteroatoms. The molecule has 1 fully saturated rings. The zero-order chi connectivity index (χ0) is 18.8. The Labute approximate surface area is 166 Å². The number of hydrogen-bond donors (Lipinski definition) is 0. The van der Waals surface area contributed by atoms with Gasteiger partial charge in [0.15, 0.2) is 0 Å². The fourth-order valence-corrected chi connectivity index (χ4v) is 4.35. The van der Waals surface area contributed by atoms with Crippen LogP contribution in [-0.2, 0) is 6.54 Å². The van der Waals surface area contributed by atoms with E-state index in [0.29, 0.717) is 6.04 Å². The van der Waals surface area contributed by atoms with E-state index < -0.39 is 0 Å². The summed E-state index contributed by atoms with van der Waals surface area (Å²) in [6.07, 6.45) is 4.42. The van der Waals surface area contributed by atoms with Gasteiger partial charge in [-0.15, -0.1) is 0 Å². The van der Waals surface area contributed by atoms with E-state index in [1.54, 1.807) is 0 Å². The highest BCUT2D eigenvalue weighted by molar-refractivity contribution is 5.78. The molecule has 0 aliphatic carbocycles. The van der Waals surface area contributed by atoms with Gasteiger partial charge in [0.05, 0.1) is 17.8 Å². The Hall–Kier alpha value is -2.91. The molecule has 0 bridgehead atoms. The van der Waals surface area contributed by atoms with Crippen molar-refractivity contribution < 1.29 is 0 Å². The van der Waals surface area contributed by atoms with Crippen LogP contribution in [0.5, 0.6) is 0 Å². The summed E-state index contributed by atoms with van der Waals surface area (Å²) in [4.78, 5) is 2.57. The van der Waals surface area contributed by atoms with Crippen LogP contribution in [0.2, 0.25) is 0 Å². The second-order valence-corrected chi connectivity index (χ2v) is 7.74. The lowest BCUT2D eigenvalue weighted by Gasteiger charge is -2.33. The summed E-state index contributed by atoms with van der Waals surface area (Å²) in [5.41, 5.74) is 5.19. The fraction of sp³-hybridized carbons (Fsp3) is 0.240. The van der Waals surface area contributed by atoms with Crippen LogP contribution in [0.3, 0.4) is 0 Å². The van der Waals surface area contributed by atoms with Gasteiger partial charge in [-0.2, -0.15) is 5.10 Å². The van der Waals surface area contributed by atoms with Crippen molar-refractivity contribution in [1.82, 2.24) is 14.7 Å². The first-order valence-corrected chi connectivity index (χ1v) is 10.2. The quantitative estimate of drug-likeness (QED) is 0.472. The molecular formula is C25H25N3. The van der Waals surface area contributed by atoms with Crippen LogP contribution in [0.4, 0.5) is 0 Å². The van der Waals surface area contributed by atoms with Gasteiger partial charge in [0.25, 0.3) is 0 Å². The number of benzene rings is 3. The van der Waals surface area contributed by atoms with E-state index in [-0.39, 0.29) is 0 Å². The maximum atomic E-state index is 4.70. The Balaban J connectivity index is 1.29. The molecule has 1 aliphatic rings. The van der Waals surface area contributed by atoms with Gasteiger partial charge in [-0.1, -0.05) is 72.8 Å². The Kier molecular flexibility index (Phi) is 4.67. The maximum absolute atomic E-state index is 4.70. The van der Waals surface area contributed by atoms with E-state index in [2.05, 4.69) is 88.4 Å². The van der Waals surface area contributed by atoms with Crippen molar-refractivity contribution in [3.63, 3.8) is 0 Å². The number of piperidine rings is 1. The third-order valence-electron chi connectivity index (χ3n) is 5.80. The largest absolute Gasteiger partial charge is 0.297 e. The molecule has 5 rings (SSSR count). The Morgan fingerprint density at radius 2 is 1.57 bits per heavy atom. The topological polar surface area (TPSA) is 21.1 Å². The molecule has 0 saturated carbocycles. The van der Waals surface area contributed by atoms with Gasteiger partial charge in [0.2, 0.25) is 0 Å². The van der Waals surface area contributed by atoms with Crippen LogP contribution in [0.1, 0.15) is 24.4 Å². The fourth-order valence-electron chi connectivity index (χ4n) is 4.35.